The molecule has 7 heteroatoms. The van der Waals surface area contributed by atoms with Gasteiger partial charge in [-0.25, -0.2) is 13.1 Å². The van der Waals surface area contributed by atoms with Crippen molar-refractivity contribution in [3.63, 3.8) is 0 Å². The van der Waals surface area contributed by atoms with E-state index in [1.807, 2.05) is 0 Å². The van der Waals surface area contributed by atoms with Gasteiger partial charge in [-0.05, 0) is 35.0 Å². The summed E-state index contributed by atoms with van der Waals surface area (Å²) < 4.78 is 32.0. The lowest BCUT2D eigenvalue weighted by atomic mass is 10.4. The number of sulfonamides is 1. The van der Waals surface area contributed by atoms with E-state index in [1.54, 1.807) is 19.1 Å². The van der Waals surface area contributed by atoms with E-state index in [0.717, 1.165) is 3.79 Å². The first-order valence-corrected chi connectivity index (χ1v) is 7.31. The van der Waals surface area contributed by atoms with Gasteiger partial charge in [-0.2, -0.15) is 0 Å². The first-order chi connectivity index (χ1) is 6.95. The molecular formula is C8H12BrNO3S2. The van der Waals surface area contributed by atoms with Gasteiger partial charge in [-0.1, -0.05) is 0 Å². The predicted molar refractivity (Wildman–Crippen MR) is 63.7 cm³/mol. The van der Waals surface area contributed by atoms with Gasteiger partial charge >= 0.3 is 0 Å². The highest BCUT2D eigenvalue weighted by Gasteiger charge is 2.18. The van der Waals surface area contributed by atoms with E-state index in [2.05, 4.69) is 20.7 Å². The average molecular weight is 314 g/mol. The molecule has 0 saturated heterocycles. The van der Waals surface area contributed by atoms with Crippen LogP contribution in [-0.2, 0) is 14.8 Å². The molecule has 0 saturated carbocycles. The van der Waals surface area contributed by atoms with Crippen LogP contribution in [0.25, 0.3) is 0 Å². The molecule has 1 heterocycles. The largest absolute Gasteiger partial charge is 0.383 e. The summed E-state index contributed by atoms with van der Waals surface area (Å²) in [5, 5.41) is 0. The van der Waals surface area contributed by atoms with Crippen LogP contribution in [0.5, 0.6) is 0 Å². The standard InChI is InChI=1S/C8H12BrNO3S2/c1-6(5-13-2)10-15(11,12)8-4-3-7(9)14-8/h3-4,6,10H,5H2,1-2H3/t6-/m0/s1. The Morgan fingerprint density at radius 1 is 1.60 bits per heavy atom. The van der Waals surface area contributed by atoms with Crippen molar-refractivity contribution in [3.05, 3.63) is 15.9 Å². The molecule has 0 aromatic carbocycles. The highest BCUT2D eigenvalue weighted by molar-refractivity contribution is 9.11. The van der Waals surface area contributed by atoms with Crippen molar-refractivity contribution in [1.29, 1.82) is 0 Å². The first kappa shape index (κ1) is 13.1. The molecule has 1 aromatic rings. The van der Waals surface area contributed by atoms with Gasteiger partial charge in [-0.3, -0.25) is 0 Å². The summed E-state index contributed by atoms with van der Waals surface area (Å²) in [6.45, 7) is 2.11. The smallest absolute Gasteiger partial charge is 0.250 e. The van der Waals surface area contributed by atoms with E-state index >= 15 is 0 Å². The third kappa shape index (κ3) is 3.84. The fourth-order valence-electron chi connectivity index (χ4n) is 1.05. The summed E-state index contributed by atoms with van der Waals surface area (Å²) in [5.41, 5.74) is 0. The summed E-state index contributed by atoms with van der Waals surface area (Å²) in [6.07, 6.45) is 0. The van der Waals surface area contributed by atoms with Crippen LogP contribution in [-0.4, -0.2) is 28.2 Å². The minimum atomic E-state index is -3.40. The quantitative estimate of drug-likeness (QED) is 0.902. The monoisotopic (exact) mass is 313 g/mol. The zero-order valence-corrected chi connectivity index (χ0v) is 11.6. The molecule has 0 radical (unpaired) electrons. The van der Waals surface area contributed by atoms with Crippen molar-refractivity contribution in [2.45, 2.75) is 17.2 Å². The van der Waals surface area contributed by atoms with Crippen LogP contribution in [0.15, 0.2) is 20.1 Å². The molecule has 0 aliphatic heterocycles. The Balaban J connectivity index is 2.76. The zero-order valence-electron chi connectivity index (χ0n) is 8.36. The molecule has 0 fully saturated rings. The van der Waals surface area contributed by atoms with E-state index in [-0.39, 0.29) is 6.04 Å². The Labute approximate surface area is 102 Å². The van der Waals surface area contributed by atoms with Crippen LogP contribution in [0, 0.1) is 0 Å². The summed E-state index contributed by atoms with van der Waals surface area (Å²) in [7, 11) is -1.87. The number of thiophene rings is 1. The predicted octanol–water partition coefficient (Wildman–Crippen LogP) is 1.82. The van der Waals surface area contributed by atoms with Gasteiger partial charge in [0.25, 0.3) is 0 Å². The van der Waals surface area contributed by atoms with Gasteiger partial charge < -0.3 is 4.74 Å². The molecule has 15 heavy (non-hydrogen) atoms. The summed E-state index contributed by atoms with van der Waals surface area (Å²) in [5.74, 6) is 0. The minimum Gasteiger partial charge on any atom is -0.383 e. The fourth-order valence-corrected chi connectivity index (χ4v) is 4.30. The number of halogens is 1. The molecule has 86 valence electrons. The lowest BCUT2D eigenvalue weighted by molar-refractivity contribution is 0.180. The Morgan fingerprint density at radius 3 is 2.73 bits per heavy atom. The van der Waals surface area contributed by atoms with E-state index < -0.39 is 10.0 Å². The summed E-state index contributed by atoms with van der Waals surface area (Å²) in [6, 6.07) is 3.04. The van der Waals surface area contributed by atoms with Gasteiger partial charge in [0.1, 0.15) is 4.21 Å². The third-order valence-electron chi connectivity index (χ3n) is 1.59. The van der Waals surface area contributed by atoms with Crippen LogP contribution in [0.1, 0.15) is 6.92 Å². The van der Waals surface area contributed by atoms with Crippen molar-refractivity contribution in [3.8, 4) is 0 Å². The molecule has 1 aromatic heterocycles. The van der Waals surface area contributed by atoms with E-state index in [1.165, 1.54) is 18.4 Å². The molecule has 4 nitrogen and oxygen atoms in total. The molecule has 0 amide bonds. The fraction of sp³-hybridized carbons (Fsp3) is 0.500. The number of hydrogen-bond donors (Lipinski definition) is 1. The number of rotatable bonds is 5. The normalized spacial score (nSPS) is 14.1. The van der Waals surface area contributed by atoms with Gasteiger partial charge in [0.2, 0.25) is 10.0 Å². The molecule has 1 atom stereocenters. The van der Waals surface area contributed by atoms with Crippen molar-refractivity contribution in [2.24, 2.45) is 0 Å². The first-order valence-electron chi connectivity index (χ1n) is 4.22. The van der Waals surface area contributed by atoms with Crippen molar-refractivity contribution in [1.82, 2.24) is 4.72 Å². The molecule has 0 bridgehead atoms. The van der Waals surface area contributed by atoms with Gasteiger partial charge in [0.05, 0.1) is 10.4 Å². The molecule has 1 rings (SSSR count). The maximum Gasteiger partial charge on any atom is 0.250 e. The molecule has 0 aliphatic rings. The second-order valence-corrected chi connectivity index (χ2v) is 7.44. The maximum atomic E-state index is 11.8. The lowest BCUT2D eigenvalue weighted by Gasteiger charge is -2.11. The maximum absolute atomic E-state index is 11.8. The SMILES string of the molecule is COC[C@H](C)NS(=O)(=O)c1ccc(Br)s1. The molecular weight excluding hydrogens is 302 g/mol. The van der Waals surface area contributed by atoms with Crippen LogP contribution >= 0.6 is 27.3 Å². The number of nitrogens with one attached hydrogen (secondary N) is 1. The van der Waals surface area contributed by atoms with E-state index in [9.17, 15) is 8.42 Å². The van der Waals surface area contributed by atoms with E-state index in [4.69, 9.17) is 4.74 Å². The van der Waals surface area contributed by atoms with Crippen molar-refractivity contribution >= 4 is 37.3 Å². The van der Waals surface area contributed by atoms with Gasteiger partial charge in [-0.15, -0.1) is 11.3 Å². The number of ether oxygens (including phenoxy) is 1. The Hall–Kier alpha value is 0.0500. The summed E-state index contributed by atoms with van der Waals surface area (Å²) >= 11 is 4.40. The Morgan fingerprint density at radius 2 is 2.27 bits per heavy atom. The van der Waals surface area contributed by atoms with Gasteiger partial charge in [0, 0.05) is 13.2 Å². The number of methoxy groups -OCH3 is 1. The van der Waals surface area contributed by atoms with Crippen molar-refractivity contribution in [2.75, 3.05) is 13.7 Å². The van der Waals surface area contributed by atoms with Crippen LogP contribution in [0.3, 0.4) is 0 Å². The highest BCUT2D eigenvalue weighted by Crippen LogP contribution is 2.25. The Kier molecular flexibility index (Phi) is 4.72. The average Bonchev–Trinajstić information content (AvgIpc) is 2.51. The topological polar surface area (TPSA) is 55.4 Å². The van der Waals surface area contributed by atoms with Crippen LogP contribution in [0.2, 0.25) is 0 Å². The molecule has 0 aliphatic carbocycles. The third-order valence-corrected chi connectivity index (χ3v) is 5.29. The number of hydrogen-bond acceptors (Lipinski definition) is 4. The minimum absolute atomic E-state index is 0.235. The van der Waals surface area contributed by atoms with Crippen molar-refractivity contribution < 1.29 is 13.2 Å². The van der Waals surface area contributed by atoms with Crippen LogP contribution in [0.4, 0.5) is 0 Å². The van der Waals surface area contributed by atoms with Crippen LogP contribution < -0.4 is 4.72 Å². The highest BCUT2D eigenvalue weighted by atomic mass is 79.9. The lowest BCUT2D eigenvalue weighted by Crippen LogP contribution is -2.35. The second kappa shape index (κ2) is 5.40. The Bertz CT molecular complexity index is 415. The zero-order chi connectivity index (χ0) is 11.5. The second-order valence-electron chi connectivity index (χ2n) is 3.04. The van der Waals surface area contributed by atoms with E-state index in [0.29, 0.717) is 10.8 Å². The van der Waals surface area contributed by atoms with Gasteiger partial charge in [0.15, 0.2) is 0 Å². The molecule has 0 unspecified atom stereocenters. The molecule has 1 N–H and O–H groups in total. The summed E-state index contributed by atoms with van der Waals surface area (Å²) in [4.78, 5) is 0. The molecule has 0 spiro atoms.